The van der Waals surface area contributed by atoms with E-state index < -0.39 is 0 Å². The molecule has 152 valence electrons. The Hall–Kier alpha value is -2.49. The fourth-order valence-corrected chi connectivity index (χ4v) is 2.94. The van der Waals surface area contributed by atoms with Gasteiger partial charge < -0.3 is 14.2 Å². The first-order chi connectivity index (χ1) is 13.1. The van der Waals surface area contributed by atoms with Crippen LogP contribution in [0.1, 0.15) is 63.0 Å². The van der Waals surface area contributed by atoms with Gasteiger partial charge in [-0.05, 0) is 40.2 Å². The van der Waals surface area contributed by atoms with Crippen LogP contribution in [0.5, 0.6) is 17.2 Å². The van der Waals surface area contributed by atoms with E-state index in [0.29, 0.717) is 30.3 Å². The van der Waals surface area contributed by atoms with Gasteiger partial charge in [-0.3, -0.25) is 4.79 Å². The lowest BCUT2D eigenvalue weighted by atomic mass is 9.80. The van der Waals surface area contributed by atoms with Gasteiger partial charge >= 0.3 is 0 Å². The quantitative estimate of drug-likeness (QED) is 0.463. The molecule has 2 rings (SSSR count). The second kappa shape index (κ2) is 8.68. The Morgan fingerprint density at radius 2 is 1.54 bits per heavy atom. The molecular weight excluding hydrogens is 352 g/mol. The maximum atomic E-state index is 11.3. The van der Waals surface area contributed by atoms with Crippen LogP contribution in [-0.2, 0) is 10.8 Å². The first kappa shape index (κ1) is 21.8. The van der Waals surface area contributed by atoms with E-state index in [4.69, 9.17) is 14.2 Å². The summed E-state index contributed by atoms with van der Waals surface area (Å²) in [6, 6.07) is 11.6. The Morgan fingerprint density at radius 1 is 0.857 bits per heavy atom. The minimum atomic E-state index is -0.0369. The van der Waals surface area contributed by atoms with Crippen LogP contribution in [-0.4, -0.2) is 26.6 Å². The van der Waals surface area contributed by atoms with E-state index in [0.717, 1.165) is 12.0 Å². The third-order valence-electron chi connectivity index (χ3n) is 4.60. The molecule has 0 heterocycles. The molecule has 0 N–H and O–H groups in total. The van der Waals surface area contributed by atoms with Crippen LogP contribution >= 0.6 is 0 Å². The molecule has 0 fully saturated rings. The van der Waals surface area contributed by atoms with Gasteiger partial charge in [0.15, 0.2) is 17.8 Å². The van der Waals surface area contributed by atoms with Crippen molar-refractivity contribution in [3.8, 4) is 17.2 Å². The summed E-state index contributed by atoms with van der Waals surface area (Å²) in [5, 5.41) is 0. The summed E-state index contributed by atoms with van der Waals surface area (Å²) in [6.07, 6.45) is 0.766. The molecule has 0 saturated heterocycles. The summed E-state index contributed by atoms with van der Waals surface area (Å²) < 4.78 is 17.1. The van der Waals surface area contributed by atoms with Crippen molar-refractivity contribution in [2.75, 3.05) is 20.3 Å². The maximum Gasteiger partial charge on any atom is 0.171 e. The molecule has 0 saturated carbocycles. The summed E-state index contributed by atoms with van der Waals surface area (Å²) in [7, 11) is 1.56. The van der Waals surface area contributed by atoms with Gasteiger partial charge in [0.1, 0.15) is 19.0 Å². The molecule has 4 nitrogen and oxygen atoms in total. The molecule has 0 aliphatic rings. The maximum absolute atomic E-state index is 11.3. The second-order valence-electron chi connectivity index (χ2n) is 8.90. The number of carbonyl (C=O) groups excluding carboxylic acids is 1. The first-order valence-electron chi connectivity index (χ1n) is 9.60. The van der Waals surface area contributed by atoms with Crippen LogP contribution < -0.4 is 14.2 Å². The monoisotopic (exact) mass is 384 g/mol. The standard InChI is InChI=1S/C24H32O4/c1-23(2,3)18-11-12-20(19(15-18)24(4,5)6)27-13-14-28-22-17(16-25)9-8-10-21(22)26-7/h8-12,15-16H,13-14H2,1-7H3. The number of aldehydes is 1. The van der Waals surface area contributed by atoms with Crippen molar-refractivity contribution >= 4 is 6.29 Å². The Kier molecular flexibility index (Phi) is 6.76. The highest BCUT2D eigenvalue weighted by Gasteiger charge is 2.23. The number of hydrogen-bond acceptors (Lipinski definition) is 4. The van der Waals surface area contributed by atoms with Crippen molar-refractivity contribution in [1.29, 1.82) is 0 Å². The molecule has 0 amide bonds. The molecule has 4 heteroatoms. The molecular formula is C24H32O4. The summed E-state index contributed by atoms with van der Waals surface area (Å²) in [4.78, 5) is 11.3. The lowest BCUT2D eigenvalue weighted by Crippen LogP contribution is -2.19. The lowest BCUT2D eigenvalue weighted by Gasteiger charge is -2.27. The average Bonchev–Trinajstić information content (AvgIpc) is 2.63. The summed E-state index contributed by atoms with van der Waals surface area (Å²) in [5.41, 5.74) is 2.96. The van der Waals surface area contributed by atoms with Crippen LogP contribution in [0.3, 0.4) is 0 Å². The van der Waals surface area contributed by atoms with Crippen molar-refractivity contribution in [1.82, 2.24) is 0 Å². The number of methoxy groups -OCH3 is 1. The van der Waals surface area contributed by atoms with E-state index in [1.54, 1.807) is 25.3 Å². The lowest BCUT2D eigenvalue weighted by molar-refractivity contribution is 0.111. The third kappa shape index (κ3) is 5.28. The Balaban J connectivity index is 2.13. The fourth-order valence-electron chi connectivity index (χ4n) is 2.94. The smallest absolute Gasteiger partial charge is 0.171 e. The zero-order valence-corrected chi connectivity index (χ0v) is 18.1. The summed E-state index contributed by atoms with van der Waals surface area (Å²) >= 11 is 0. The van der Waals surface area contributed by atoms with Crippen LogP contribution in [0.15, 0.2) is 36.4 Å². The highest BCUT2D eigenvalue weighted by atomic mass is 16.5. The molecule has 0 bridgehead atoms. The molecule has 0 aliphatic heterocycles. The van der Waals surface area contributed by atoms with Gasteiger partial charge in [0, 0.05) is 0 Å². The number of rotatable bonds is 7. The molecule has 0 atom stereocenters. The van der Waals surface area contributed by atoms with Crippen LogP contribution in [0.2, 0.25) is 0 Å². The molecule has 28 heavy (non-hydrogen) atoms. The minimum Gasteiger partial charge on any atom is -0.493 e. The van der Waals surface area contributed by atoms with Gasteiger partial charge in [-0.1, -0.05) is 59.7 Å². The number of benzene rings is 2. The molecule has 2 aromatic carbocycles. The van der Waals surface area contributed by atoms with E-state index in [1.165, 1.54) is 11.1 Å². The number of carbonyl (C=O) groups is 1. The van der Waals surface area contributed by atoms with Crippen molar-refractivity contribution < 1.29 is 19.0 Å². The number of hydrogen-bond donors (Lipinski definition) is 0. The SMILES string of the molecule is COc1cccc(C=O)c1OCCOc1ccc(C(C)(C)C)cc1C(C)(C)C. The van der Waals surface area contributed by atoms with Gasteiger partial charge in [0.2, 0.25) is 0 Å². The van der Waals surface area contributed by atoms with Crippen molar-refractivity contribution in [2.24, 2.45) is 0 Å². The Labute approximate surface area is 168 Å². The van der Waals surface area contributed by atoms with Gasteiger partial charge in [-0.25, -0.2) is 0 Å². The van der Waals surface area contributed by atoms with Gasteiger partial charge in [0.25, 0.3) is 0 Å². The van der Waals surface area contributed by atoms with E-state index in [2.05, 4.69) is 53.7 Å². The van der Waals surface area contributed by atoms with Gasteiger partial charge in [0.05, 0.1) is 12.7 Å². The van der Waals surface area contributed by atoms with Gasteiger partial charge in [-0.2, -0.15) is 0 Å². The molecule has 0 unspecified atom stereocenters. The summed E-state index contributed by atoms with van der Waals surface area (Å²) in [5.74, 6) is 1.84. The molecule has 0 aromatic heterocycles. The van der Waals surface area contributed by atoms with Gasteiger partial charge in [-0.15, -0.1) is 0 Å². The fraction of sp³-hybridized carbons (Fsp3) is 0.458. The van der Waals surface area contributed by atoms with Crippen LogP contribution in [0, 0.1) is 0 Å². The Morgan fingerprint density at radius 3 is 2.11 bits per heavy atom. The topological polar surface area (TPSA) is 44.8 Å². The molecule has 0 aliphatic carbocycles. The molecule has 2 aromatic rings. The highest BCUT2D eigenvalue weighted by Crippen LogP contribution is 2.35. The molecule has 0 spiro atoms. The zero-order chi connectivity index (χ0) is 20.9. The van der Waals surface area contributed by atoms with Crippen LogP contribution in [0.4, 0.5) is 0 Å². The van der Waals surface area contributed by atoms with E-state index in [-0.39, 0.29) is 10.8 Å². The number of para-hydroxylation sites is 1. The minimum absolute atomic E-state index is 0.0369. The predicted molar refractivity (Wildman–Crippen MR) is 113 cm³/mol. The third-order valence-corrected chi connectivity index (χ3v) is 4.60. The van der Waals surface area contributed by atoms with E-state index in [9.17, 15) is 4.79 Å². The van der Waals surface area contributed by atoms with Crippen LogP contribution in [0.25, 0.3) is 0 Å². The first-order valence-corrected chi connectivity index (χ1v) is 9.60. The van der Waals surface area contributed by atoms with E-state index >= 15 is 0 Å². The normalized spacial score (nSPS) is 11.8. The van der Waals surface area contributed by atoms with Crippen molar-refractivity contribution in [2.45, 2.75) is 52.4 Å². The second-order valence-corrected chi connectivity index (χ2v) is 8.90. The highest BCUT2D eigenvalue weighted by molar-refractivity contribution is 5.81. The predicted octanol–water partition coefficient (Wildman–Crippen LogP) is 5.56. The summed E-state index contributed by atoms with van der Waals surface area (Å²) in [6.45, 7) is 13.9. The van der Waals surface area contributed by atoms with Crippen molar-refractivity contribution in [3.05, 3.63) is 53.1 Å². The number of ether oxygens (including phenoxy) is 3. The average molecular weight is 385 g/mol. The Bertz CT molecular complexity index is 810. The van der Waals surface area contributed by atoms with Crippen molar-refractivity contribution in [3.63, 3.8) is 0 Å². The molecule has 0 radical (unpaired) electrons. The largest absolute Gasteiger partial charge is 0.493 e. The zero-order valence-electron chi connectivity index (χ0n) is 18.1. The van der Waals surface area contributed by atoms with E-state index in [1.807, 2.05) is 6.07 Å².